The van der Waals surface area contributed by atoms with E-state index in [1.165, 1.54) is 51.7 Å². The van der Waals surface area contributed by atoms with Crippen LogP contribution in [-0.4, -0.2) is 54.1 Å². The van der Waals surface area contributed by atoms with Crippen LogP contribution >= 0.6 is 0 Å². The van der Waals surface area contributed by atoms with Gasteiger partial charge < -0.3 is 5.73 Å². The fourth-order valence-electron chi connectivity index (χ4n) is 3.91. The Kier molecular flexibility index (Phi) is 3.42. The molecule has 1 aliphatic carbocycles. The summed E-state index contributed by atoms with van der Waals surface area (Å²) in [5.74, 6) is 0.795. The van der Waals surface area contributed by atoms with E-state index >= 15 is 0 Å². The summed E-state index contributed by atoms with van der Waals surface area (Å²) in [5, 5.41) is 0. The second kappa shape index (κ2) is 4.87. The molecule has 3 rings (SSSR count). The van der Waals surface area contributed by atoms with Crippen molar-refractivity contribution in [3.05, 3.63) is 0 Å². The summed E-state index contributed by atoms with van der Waals surface area (Å²) in [6.07, 6.45) is 7.02. The molecule has 3 atom stereocenters. The van der Waals surface area contributed by atoms with Gasteiger partial charge in [0.05, 0.1) is 0 Å². The van der Waals surface area contributed by atoms with Crippen molar-refractivity contribution < 1.29 is 0 Å². The van der Waals surface area contributed by atoms with Crippen LogP contribution in [-0.2, 0) is 0 Å². The minimum atomic E-state index is 0.646. The molecule has 98 valence electrons. The molecule has 1 saturated carbocycles. The van der Waals surface area contributed by atoms with Gasteiger partial charge in [-0.2, -0.15) is 0 Å². The third-order valence-electron chi connectivity index (χ3n) is 5.13. The lowest BCUT2D eigenvalue weighted by atomic mass is 9.89. The number of rotatable bonds is 3. The lowest BCUT2D eigenvalue weighted by Crippen LogP contribution is -2.53. The number of nitrogens with two attached hydrogens (primary N) is 1. The van der Waals surface area contributed by atoms with Gasteiger partial charge in [-0.15, -0.1) is 0 Å². The van der Waals surface area contributed by atoms with Crippen LogP contribution in [0.5, 0.6) is 0 Å². The quantitative estimate of drug-likeness (QED) is 0.802. The molecule has 2 heterocycles. The van der Waals surface area contributed by atoms with E-state index in [1.807, 2.05) is 0 Å². The van der Waals surface area contributed by atoms with Crippen molar-refractivity contribution in [2.75, 3.05) is 26.2 Å². The highest BCUT2D eigenvalue weighted by Crippen LogP contribution is 2.33. The highest BCUT2D eigenvalue weighted by molar-refractivity contribution is 4.96. The van der Waals surface area contributed by atoms with Gasteiger partial charge in [0.1, 0.15) is 0 Å². The smallest absolute Gasteiger partial charge is 0.0247 e. The Hall–Kier alpha value is -0.120. The fourth-order valence-corrected chi connectivity index (χ4v) is 3.91. The van der Waals surface area contributed by atoms with E-state index in [9.17, 15) is 0 Å². The summed E-state index contributed by atoms with van der Waals surface area (Å²) in [6, 6.07) is 2.39. The van der Waals surface area contributed by atoms with Crippen molar-refractivity contribution in [2.45, 2.75) is 57.2 Å². The van der Waals surface area contributed by atoms with E-state index in [2.05, 4.69) is 16.7 Å². The number of likely N-dealkylation sites (tertiary alicyclic amines) is 2. The minimum absolute atomic E-state index is 0.646. The second-order valence-electron chi connectivity index (χ2n) is 6.33. The van der Waals surface area contributed by atoms with Gasteiger partial charge in [-0.3, -0.25) is 9.80 Å². The molecule has 2 saturated heterocycles. The third kappa shape index (κ3) is 2.38. The molecule has 0 aromatic rings. The molecular formula is C14H27N3. The minimum Gasteiger partial charge on any atom is -0.329 e. The van der Waals surface area contributed by atoms with Crippen molar-refractivity contribution >= 4 is 0 Å². The lowest BCUT2D eigenvalue weighted by Gasteiger charge is -2.43. The van der Waals surface area contributed by atoms with E-state index in [1.54, 1.807) is 0 Å². The van der Waals surface area contributed by atoms with E-state index in [0.29, 0.717) is 6.04 Å². The number of hydrogen-bond acceptors (Lipinski definition) is 3. The molecule has 3 fully saturated rings. The zero-order valence-electron chi connectivity index (χ0n) is 11.1. The van der Waals surface area contributed by atoms with Crippen molar-refractivity contribution in [1.82, 2.24) is 9.80 Å². The average Bonchev–Trinajstić information content (AvgIpc) is 3.07. The summed E-state index contributed by atoms with van der Waals surface area (Å²) in [5.41, 5.74) is 6.00. The standard InChI is InChI=1S/C14H27N3/c1-11-3-2-7-17(14(11)9-15)13-6-8-16(10-13)12-4-5-12/h11-14H,2-10,15H2,1H3. The van der Waals surface area contributed by atoms with Crippen LogP contribution in [0.4, 0.5) is 0 Å². The molecule has 0 aromatic heterocycles. The van der Waals surface area contributed by atoms with E-state index in [-0.39, 0.29) is 0 Å². The highest BCUT2D eigenvalue weighted by atomic mass is 15.3. The van der Waals surface area contributed by atoms with Crippen molar-refractivity contribution in [3.63, 3.8) is 0 Å². The molecule has 17 heavy (non-hydrogen) atoms. The van der Waals surface area contributed by atoms with Gasteiger partial charge in [0, 0.05) is 37.8 Å². The molecule has 2 aliphatic heterocycles. The first-order chi connectivity index (χ1) is 8.29. The third-order valence-corrected chi connectivity index (χ3v) is 5.13. The van der Waals surface area contributed by atoms with Crippen LogP contribution in [0.3, 0.4) is 0 Å². The molecule has 0 aromatic carbocycles. The Morgan fingerprint density at radius 3 is 2.59 bits per heavy atom. The zero-order valence-corrected chi connectivity index (χ0v) is 11.1. The Labute approximate surface area is 105 Å². The van der Waals surface area contributed by atoms with Crippen LogP contribution in [0.1, 0.15) is 39.0 Å². The molecular weight excluding hydrogens is 210 g/mol. The van der Waals surface area contributed by atoms with Gasteiger partial charge in [0.2, 0.25) is 0 Å². The molecule has 0 amide bonds. The van der Waals surface area contributed by atoms with E-state index in [4.69, 9.17) is 5.73 Å². The molecule has 3 heteroatoms. The van der Waals surface area contributed by atoms with Crippen molar-refractivity contribution in [3.8, 4) is 0 Å². The summed E-state index contributed by atoms with van der Waals surface area (Å²) in [7, 11) is 0. The topological polar surface area (TPSA) is 32.5 Å². The number of hydrogen-bond donors (Lipinski definition) is 1. The second-order valence-corrected chi connectivity index (χ2v) is 6.33. The molecule has 2 N–H and O–H groups in total. The summed E-state index contributed by atoms with van der Waals surface area (Å²) >= 11 is 0. The number of nitrogens with zero attached hydrogens (tertiary/aromatic N) is 2. The molecule has 3 unspecified atom stereocenters. The number of piperidine rings is 1. The maximum Gasteiger partial charge on any atom is 0.0247 e. The van der Waals surface area contributed by atoms with E-state index < -0.39 is 0 Å². The fraction of sp³-hybridized carbons (Fsp3) is 1.00. The summed E-state index contributed by atoms with van der Waals surface area (Å²) in [6.45, 7) is 7.17. The molecule has 0 spiro atoms. The maximum absolute atomic E-state index is 6.00. The normalized spacial score (nSPS) is 40.9. The first-order valence-corrected chi connectivity index (χ1v) is 7.49. The Balaban J connectivity index is 1.62. The molecule has 3 aliphatic rings. The van der Waals surface area contributed by atoms with E-state index in [0.717, 1.165) is 24.5 Å². The predicted octanol–water partition coefficient (Wildman–Crippen LogP) is 1.28. The largest absolute Gasteiger partial charge is 0.329 e. The van der Waals surface area contributed by atoms with Gasteiger partial charge in [-0.05, 0) is 44.6 Å². The van der Waals surface area contributed by atoms with Crippen molar-refractivity contribution in [2.24, 2.45) is 11.7 Å². The summed E-state index contributed by atoms with van der Waals surface area (Å²) < 4.78 is 0. The molecule has 3 nitrogen and oxygen atoms in total. The maximum atomic E-state index is 6.00. The first-order valence-electron chi connectivity index (χ1n) is 7.49. The first kappa shape index (κ1) is 11.9. The van der Waals surface area contributed by atoms with Crippen LogP contribution in [0.25, 0.3) is 0 Å². The lowest BCUT2D eigenvalue weighted by molar-refractivity contribution is 0.0645. The van der Waals surface area contributed by atoms with Gasteiger partial charge >= 0.3 is 0 Å². The molecule has 0 radical (unpaired) electrons. The Bertz CT molecular complexity index is 264. The van der Waals surface area contributed by atoms with Gasteiger partial charge in [-0.25, -0.2) is 0 Å². The van der Waals surface area contributed by atoms with Gasteiger partial charge in [0.25, 0.3) is 0 Å². The zero-order chi connectivity index (χ0) is 11.8. The predicted molar refractivity (Wildman–Crippen MR) is 70.9 cm³/mol. The van der Waals surface area contributed by atoms with Crippen molar-refractivity contribution in [1.29, 1.82) is 0 Å². The van der Waals surface area contributed by atoms with Crippen LogP contribution < -0.4 is 5.73 Å². The average molecular weight is 237 g/mol. The monoisotopic (exact) mass is 237 g/mol. The molecule has 0 bridgehead atoms. The Morgan fingerprint density at radius 2 is 1.88 bits per heavy atom. The van der Waals surface area contributed by atoms with Crippen LogP contribution in [0.2, 0.25) is 0 Å². The SMILES string of the molecule is CC1CCCN(C2CCN(C3CC3)C2)C1CN. The van der Waals surface area contributed by atoms with Crippen LogP contribution in [0.15, 0.2) is 0 Å². The summed E-state index contributed by atoms with van der Waals surface area (Å²) in [4.78, 5) is 5.47. The Morgan fingerprint density at radius 1 is 1.06 bits per heavy atom. The highest BCUT2D eigenvalue weighted by Gasteiger charge is 2.39. The van der Waals surface area contributed by atoms with Gasteiger partial charge in [-0.1, -0.05) is 6.92 Å². The van der Waals surface area contributed by atoms with Gasteiger partial charge in [0.15, 0.2) is 0 Å². The van der Waals surface area contributed by atoms with Crippen LogP contribution in [0, 0.1) is 5.92 Å².